The van der Waals surface area contributed by atoms with Crippen LogP contribution in [0.4, 0.5) is 18.9 Å². The van der Waals surface area contributed by atoms with Gasteiger partial charge >= 0.3 is 6.18 Å². The molecule has 0 aliphatic carbocycles. The van der Waals surface area contributed by atoms with Crippen LogP contribution in [0.1, 0.15) is 32.6 Å². The smallest absolute Gasteiger partial charge is 0.321 e. The van der Waals surface area contributed by atoms with E-state index in [1.54, 1.807) is 6.07 Å². The molecule has 0 atom stereocenters. The Kier molecular flexibility index (Phi) is 5.62. The summed E-state index contributed by atoms with van der Waals surface area (Å²) in [6.45, 7) is 6.75. The summed E-state index contributed by atoms with van der Waals surface area (Å²) in [5, 5.41) is 2.55. The maximum atomic E-state index is 12.9. The Hall–Kier alpha value is -2.13. The maximum Gasteiger partial charge on any atom is 0.416 e. The van der Waals surface area contributed by atoms with Crippen molar-refractivity contribution in [2.24, 2.45) is 0 Å². The highest BCUT2D eigenvalue weighted by Gasteiger charge is 2.33. The molecular weight excluding hydrogens is 387 g/mol. The lowest BCUT2D eigenvalue weighted by molar-refractivity contribution is -0.137. The third-order valence-electron chi connectivity index (χ3n) is 3.59. The fourth-order valence-corrected chi connectivity index (χ4v) is 4.21. The number of thiophene rings is 1. The summed E-state index contributed by atoms with van der Waals surface area (Å²) in [7, 11) is -4.04. The van der Waals surface area contributed by atoms with Crippen LogP contribution in [0.25, 0.3) is 6.08 Å². The van der Waals surface area contributed by atoms with Gasteiger partial charge in [0.25, 0.3) is 5.91 Å². The van der Waals surface area contributed by atoms with Crippen molar-refractivity contribution in [3.8, 4) is 0 Å². The first-order chi connectivity index (χ1) is 12.0. The van der Waals surface area contributed by atoms with E-state index in [2.05, 4.69) is 11.9 Å². The Morgan fingerprint density at radius 1 is 1.31 bits per heavy atom. The van der Waals surface area contributed by atoms with Gasteiger partial charge in [0.15, 0.2) is 9.84 Å². The number of hydrogen-bond acceptors (Lipinski definition) is 4. The fourth-order valence-electron chi connectivity index (χ4n) is 2.27. The molecule has 0 aliphatic heterocycles. The zero-order valence-corrected chi connectivity index (χ0v) is 15.6. The van der Waals surface area contributed by atoms with Gasteiger partial charge in [-0.3, -0.25) is 4.79 Å². The van der Waals surface area contributed by atoms with Crippen molar-refractivity contribution < 1.29 is 26.4 Å². The van der Waals surface area contributed by atoms with Crippen molar-refractivity contribution in [1.29, 1.82) is 0 Å². The molecule has 1 amide bonds. The quantitative estimate of drug-likeness (QED) is 0.783. The lowest BCUT2D eigenvalue weighted by atomic mass is 10.1. The number of anilines is 1. The topological polar surface area (TPSA) is 63.2 Å². The largest absolute Gasteiger partial charge is 0.416 e. The second kappa shape index (κ2) is 7.24. The number of halogens is 3. The Morgan fingerprint density at radius 3 is 2.50 bits per heavy atom. The van der Waals surface area contributed by atoms with Crippen LogP contribution in [0.3, 0.4) is 0 Å². The molecule has 2 aromatic rings. The summed E-state index contributed by atoms with van der Waals surface area (Å²) in [4.78, 5) is 13.5. The first-order valence-corrected chi connectivity index (χ1v) is 9.94. The molecule has 0 radical (unpaired) electrons. The average molecular weight is 403 g/mol. The SMILES string of the molecule is C=Cc1sc(C)cc1NC(=O)c1ccc(C(F)(F)F)cc1S(=O)(=O)CC. The summed E-state index contributed by atoms with van der Waals surface area (Å²) in [6.07, 6.45) is -3.18. The lowest BCUT2D eigenvalue weighted by Gasteiger charge is -2.13. The van der Waals surface area contributed by atoms with E-state index in [1.807, 2.05) is 6.92 Å². The highest BCUT2D eigenvalue weighted by Crippen LogP contribution is 2.33. The molecule has 0 aliphatic rings. The predicted molar refractivity (Wildman–Crippen MR) is 96.3 cm³/mol. The highest BCUT2D eigenvalue weighted by atomic mass is 32.2. The molecule has 0 saturated heterocycles. The summed E-state index contributed by atoms with van der Waals surface area (Å²) in [5.41, 5.74) is -1.04. The van der Waals surface area contributed by atoms with Crippen molar-refractivity contribution in [1.82, 2.24) is 0 Å². The number of carbonyl (C=O) groups excluding carboxylic acids is 1. The van der Waals surface area contributed by atoms with Gasteiger partial charge in [-0.2, -0.15) is 13.2 Å². The van der Waals surface area contributed by atoms with Gasteiger partial charge in [0.05, 0.1) is 32.3 Å². The normalized spacial score (nSPS) is 12.0. The van der Waals surface area contributed by atoms with E-state index in [4.69, 9.17) is 0 Å². The number of alkyl halides is 3. The second-order valence-corrected chi connectivity index (χ2v) is 8.94. The summed E-state index contributed by atoms with van der Waals surface area (Å²) in [5.74, 6) is -1.23. The van der Waals surface area contributed by atoms with E-state index in [9.17, 15) is 26.4 Å². The van der Waals surface area contributed by atoms with Crippen LogP contribution in [0.5, 0.6) is 0 Å². The standard InChI is InChI=1S/C17H16F3NO3S2/c1-4-14-13(8-10(3)25-14)21-16(22)12-7-6-11(17(18,19)20)9-15(12)26(23,24)5-2/h4,6-9H,1,5H2,2-3H3,(H,21,22). The monoisotopic (exact) mass is 403 g/mol. The predicted octanol–water partition coefficient (Wildman–Crippen LogP) is 4.76. The Balaban J connectivity index is 2.54. The molecule has 0 spiro atoms. The first-order valence-electron chi connectivity index (χ1n) is 7.47. The Morgan fingerprint density at radius 2 is 1.96 bits per heavy atom. The van der Waals surface area contributed by atoms with Crippen molar-refractivity contribution in [3.05, 3.63) is 51.7 Å². The minimum absolute atomic E-state index is 0.335. The number of carbonyl (C=O) groups is 1. The number of hydrogen-bond donors (Lipinski definition) is 1. The molecule has 1 aromatic carbocycles. The van der Waals surface area contributed by atoms with E-state index in [-0.39, 0.29) is 5.56 Å². The minimum Gasteiger partial charge on any atom is -0.321 e. The number of amides is 1. The zero-order valence-electron chi connectivity index (χ0n) is 14.0. The van der Waals surface area contributed by atoms with Crippen LogP contribution in [0.15, 0.2) is 35.7 Å². The molecule has 1 N–H and O–H groups in total. The fraction of sp³-hybridized carbons (Fsp3) is 0.235. The Labute approximate surface area is 153 Å². The van der Waals surface area contributed by atoms with Crippen LogP contribution in [0, 0.1) is 6.92 Å². The number of aryl methyl sites for hydroxylation is 1. The number of sulfone groups is 1. The molecule has 140 valence electrons. The van der Waals surface area contributed by atoms with E-state index >= 15 is 0 Å². The van der Waals surface area contributed by atoms with E-state index in [0.717, 1.165) is 10.9 Å². The van der Waals surface area contributed by atoms with Gasteiger partial charge in [0.1, 0.15) is 0 Å². The van der Waals surface area contributed by atoms with E-state index in [0.29, 0.717) is 22.7 Å². The van der Waals surface area contributed by atoms with Gasteiger partial charge < -0.3 is 5.32 Å². The second-order valence-electron chi connectivity index (χ2n) is 5.41. The molecule has 1 aromatic heterocycles. The summed E-state index contributed by atoms with van der Waals surface area (Å²) < 4.78 is 63.3. The molecule has 4 nitrogen and oxygen atoms in total. The molecule has 0 unspecified atom stereocenters. The molecule has 2 rings (SSSR count). The van der Waals surface area contributed by atoms with Crippen molar-refractivity contribution in [2.75, 3.05) is 11.1 Å². The van der Waals surface area contributed by atoms with Crippen LogP contribution in [-0.4, -0.2) is 20.1 Å². The van der Waals surface area contributed by atoms with Crippen molar-refractivity contribution >= 4 is 38.8 Å². The van der Waals surface area contributed by atoms with Crippen LogP contribution in [0.2, 0.25) is 0 Å². The number of nitrogens with one attached hydrogen (secondary N) is 1. The molecule has 26 heavy (non-hydrogen) atoms. The maximum absolute atomic E-state index is 12.9. The van der Waals surface area contributed by atoms with Crippen LogP contribution in [-0.2, 0) is 16.0 Å². The van der Waals surface area contributed by atoms with Gasteiger partial charge in [-0.05, 0) is 31.2 Å². The van der Waals surface area contributed by atoms with Crippen LogP contribution < -0.4 is 5.32 Å². The van der Waals surface area contributed by atoms with Gasteiger partial charge in [0, 0.05) is 4.88 Å². The van der Waals surface area contributed by atoms with Gasteiger partial charge in [-0.25, -0.2) is 8.42 Å². The number of rotatable bonds is 5. The summed E-state index contributed by atoms with van der Waals surface area (Å²) >= 11 is 1.37. The summed E-state index contributed by atoms with van der Waals surface area (Å²) in [6, 6.07) is 3.75. The molecule has 9 heteroatoms. The van der Waals surface area contributed by atoms with Crippen molar-refractivity contribution in [2.45, 2.75) is 24.9 Å². The Bertz CT molecular complexity index is 960. The van der Waals surface area contributed by atoms with Gasteiger partial charge in [0.2, 0.25) is 0 Å². The average Bonchev–Trinajstić information content (AvgIpc) is 2.92. The van der Waals surface area contributed by atoms with E-state index in [1.165, 1.54) is 24.3 Å². The molecule has 0 bridgehead atoms. The van der Waals surface area contributed by atoms with Gasteiger partial charge in [-0.15, -0.1) is 11.3 Å². The first kappa shape index (κ1) is 20.2. The zero-order chi connectivity index (χ0) is 19.7. The number of benzene rings is 1. The van der Waals surface area contributed by atoms with Crippen molar-refractivity contribution in [3.63, 3.8) is 0 Å². The molecular formula is C17H16F3NO3S2. The molecule has 0 saturated carbocycles. The van der Waals surface area contributed by atoms with E-state index < -0.39 is 38.1 Å². The third kappa shape index (κ3) is 4.16. The minimum atomic E-state index is -4.71. The van der Waals surface area contributed by atoms with Gasteiger partial charge in [-0.1, -0.05) is 19.6 Å². The lowest BCUT2D eigenvalue weighted by Crippen LogP contribution is -2.19. The molecule has 1 heterocycles. The molecule has 0 fully saturated rings. The highest BCUT2D eigenvalue weighted by molar-refractivity contribution is 7.91. The van der Waals surface area contributed by atoms with Crippen LogP contribution >= 0.6 is 11.3 Å². The third-order valence-corrected chi connectivity index (χ3v) is 6.40.